The summed E-state index contributed by atoms with van der Waals surface area (Å²) in [4.78, 5) is 37.5. The SMILES string of the molecule is Cc1cscc1-c1ccc(C(CC(=O)O)NC(=O)Nc2c(O)ccn(C)c2=O)s1. The fourth-order valence-electron chi connectivity index (χ4n) is 2.74. The number of amides is 2. The zero-order valence-corrected chi connectivity index (χ0v) is 17.3. The summed E-state index contributed by atoms with van der Waals surface area (Å²) in [6.45, 7) is 2.00. The molecule has 0 aliphatic carbocycles. The number of carbonyl (C=O) groups is 2. The molecule has 0 aromatic carbocycles. The van der Waals surface area contributed by atoms with Gasteiger partial charge in [0.2, 0.25) is 0 Å². The second-order valence-electron chi connectivity index (χ2n) is 6.41. The molecule has 0 aliphatic heterocycles. The average molecular weight is 434 g/mol. The molecule has 0 aliphatic rings. The highest BCUT2D eigenvalue weighted by Gasteiger charge is 2.22. The molecule has 3 aromatic heterocycles. The number of aliphatic carboxylic acids is 1. The van der Waals surface area contributed by atoms with Crippen LogP contribution < -0.4 is 16.2 Å². The molecule has 1 atom stereocenters. The quantitative estimate of drug-likeness (QED) is 0.474. The Balaban J connectivity index is 1.82. The van der Waals surface area contributed by atoms with Gasteiger partial charge in [0.15, 0.2) is 5.69 Å². The number of aromatic nitrogens is 1. The van der Waals surface area contributed by atoms with Crippen LogP contribution in [0.1, 0.15) is 22.9 Å². The molecule has 0 saturated carbocycles. The van der Waals surface area contributed by atoms with Gasteiger partial charge < -0.3 is 25.4 Å². The minimum atomic E-state index is -1.07. The number of pyridine rings is 1. The predicted octanol–water partition coefficient (Wildman–Crippen LogP) is 3.53. The number of aryl methyl sites for hydroxylation is 2. The first-order chi connectivity index (χ1) is 13.8. The number of carbonyl (C=O) groups excluding carboxylic acids is 1. The van der Waals surface area contributed by atoms with Crippen molar-refractivity contribution in [3.8, 4) is 16.2 Å². The highest BCUT2D eigenvalue weighted by atomic mass is 32.1. The lowest BCUT2D eigenvalue weighted by atomic mass is 10.1. The van der Waals surface area contributed by atoms with Gasteiger partial charge in [0, 0.05) is 28.6 Å². The van der Waals surface area contributed by atoms with Gasteiger partial charge in [0.25, 0.3) is 5.56 Å². The standard InChI is InChI=1S/C19H19N3O5S2/c1-10-8-28-9-11(10)14-3-4-15(29-14)12(7-16(24)25)20-19(27)21-17-13(23)5-6-22(2)18(17)26/h3-6,8-9,12,23H,7H2,1-2H3,(H,24,25)(H2,20,21,27). The minimum Gasteiger partial charge on any atom is -0.505 e. The van der Waals surface area contributed by atoms with E-state index in [2.05, 4.69) is 10.6 Å². The van der Waals surface area contributed by atoms with E-state index in [1.807, 2.05) is 23.8 Å². The number of aromatic hydroxyl groups is 1. The molecule has 0 spiro atoms. The molecule has 2 amide bonds. The first-order valence-electron chi connectivity index (χ1n) is 8.57. The lowest BCUT2D eigenvalue weighted by Crippen LogP contribution is -2.35. The molecule has 0 bridgehead atoms. The van der Waals surface area contributed by atoms with Crippen molar-refractivity contribution in [3.05, 3.63) is 56.0 Å². The fourth-order valence-corrected chi connectivity index (χ4v) is 4.80. The second-order valence-corrected chi connectivity index (χ2v) is 8.27. The van der Waals surface area contributed by atoms with Crippen molar-refractivity contribution in [3.63, 3.8) is 0 Å². The summed E-state index contributed by atoms with van der Waals surface area (Å²) in [7, 11) is 1.48. The number of nitrogens with one attached hydrogen (secondary N) is 2. The van der Waals surface area contributed by atoms with E-state index in [4.69, 9.17) is 0 Å². The van der Waals surface area contributed by atoms with Crippen LogP contribution in [-0.2, 0) is 11.8 Å². The van der Waals surface area contributed by atoms with E-state index >= 15 is 0 Å². The zero-order chi connectivity index (χ0) is 21.1. The monoisotopic (exact) mass is 433 g/mol. The Bertz CT molecular complexity index is 1120. The van der Waals surface area contributed by atoms with Crippen LogP contribution in [-0.4, -0.2) is 26.8 Å². The largest absolute Gasteiger partial charge is 0.505 e. The smallest absolute Gasteiger partial charge is 0.320 e. The molecule has 0 saturated heterocycles. The summed E-state index contributed by atoms with van der Waals surface area (Å²) in [5, 5.41) is 28.0. The Morgan fingerprint density at radius 3 is 2.66 bits per heavy atom. The molecular formula is C19H19N3O5S2. The minimum absolute atomic E-state index is 0.276. The molecule has 3 aromatic rings. The van der Waals surface area contributed by atoms with Crippen LogP contribution in [0.5, 0.6) is 5.75 Å². The van der Waals surface area contributed by atoms with E-state index in [1.165, 1.54) is 35.2 Å². The van der Waals surface area contributed by atoms with Crippen molar-refractivity contribution < 1.29 is 19.8 Å². The van der Waals surface area contributed by atoms with E-state index in [9.17, 15) is 24.6 Å². The van der Waals surface area contributed by atoms with Gasteiger partial charge in [-0.2, -0.15) is 11.3 Å². The van der Waals surface area contributed by atoms with Crippen LogP contribution in [0.15, 0.2) is 40.0 Å². The number of urea groups is 1. The van der Waals surface area contributed by atoms with Crippen LogP contribution in [0.25, 0.3) is 10.4 Å². The lowest BCUT2D eigenvalue weighted by molar-refractivity contribution is -0.137. The van der Waals surface area contributed by atoms with Crippen molar-refractivity contribution in [2.45, 2.75) is 19.4 Å². The summed E-state index contributed by atoms with van der Waals surface area (Å²) in [6, 6.07) is 3.38. The van der Waals surface area contributed by atoms with E-state index < -0.39 is 23.6 Å². The van der Waals surface area contributed by atoms with Gasteiger partial charge in [-0.3, -0.25) is 9.59 Å². The maximum absolute atomic E-state index is 12.4. The van der Waals surface area contributed by atoms with Crippen LogP contribution in [0, 0.1) is 6.92 Å². The van der Waals surface area contributed by atoms with Gasteiger partial charge in [-0.15, -0.1) is 11.3 Å². The maximum Gasteiger partial charge on any atom is 0.320 e. The Hall–Kier alpha value is -3.11. The summed E-state index contributed by atoms with van der Waals surface area (Å²) in [5.74, 6) is -1.44. The summed E-state index contributed by atoms with van der Waals surface area (Å²) >= 11 is 2.98. The van der Waals surface area contributed by atoms with Gasteiger partial charge >= 0.3 is 12.0 Å². The van der Waals surface area contributed by atoms with Crippen LogP contribution >= 0.6 is 22.7 Å². The third kappa shape index (κ3) is 4.66. The number of carboxylic acids is 1. The van der Waals surface area contributed by atoms with Gasteiger partial charge in [0.1, 0.15) is 5.75 Å². The molecule has 152 valence electrons. The van der Waals surface area contributed by atoms with E-state index in [0.717, 1.165) is 16.0 Å². The highest BCUT2D eigenvalue weighted by molar-refractivity contribution is 7.16. The van der Waals surface area contributed by atoms with E-state index in [1.54, 1.807) is 17.4 Å². The number of carboxylic acid groups (broad SMARTS) is 1. The van der Waals surface area contributed by atoms with Gasteiger partial charge in [-0.1, -0.05) is 0 Å². The Kier molecular flexibility index (Phi) is 6.04. The lowest BCUT2D eigenvalue weighted by Gasteiger charge is -2.16. The Labute approximate surface area is 174 Å². The number of anilines is 1. The molecule has 29 heavy (non-hydrogen) atoms. The van der Waals surface area contributed by atoms with Crippen molar-refractivity contribution >= 4 is 40.4 Å². The maximum atomic E-state index is 12.4. The average Bonchev–Trinajstić information content (AvgIpc) is 3.30. The van der Waals surface area contributed by atoms with Crippen molar-refractivity contribution in [1.29, 1.82) is 0 Å². The van der Waals surface area contributed by atoms with Crippen molar-refractivity contribution in [2.24, 2.45) is 7.05 Å². The molecular weight excluding hydrogens is 414 g/mol. The summed E-state index contributed by atoms with van der Waals surface area (Å²) in [6.07, 6.45) is 1.04. The highest BCUT2D eigenvalue weighted by Crippen LogP contribution is 2.35. The molecule has 10 heteroatoms. The van der Waals surface area contributed by atoms with Crippen LogP contribution in [0.4, 0.5) is 10.5 Å². The van der Waals surface area contributed by atoms with Crippen molar-refractivity contribution in [1.82, 2.24) is 9.88 Å². The van der Waals surface area contributed by atoms with Gasteiger partial charge in [0.05, 0.1) is 12.5 Å². The first kappa shape index (κ1) is 20.6. The molecule has 1 unspecified atom stereocenters. The predicted molar refractivity (Wildman–Crippen MR) is 113 cm³/mol. The van der Waals surface area contributed by atoms with Crippen LogP contribution in [0.3, 0.4) is 0 Å². The molecule has 8 nitrogen and oxygen atoms in total. The number of rotatable bonds is 6. The number of hydrogen-bond acceptors (Lipinski definition) is 6. The van der Waals surface area contributed by atoms with Gasteiger partial charge in [-0.05, 0) is 41.4 Å². The molecule has 0 radical (unpaired) electrons. The molecule has 4 N–H and O–H groups in total. The normalized spacial score (nSPS) is 11.8. The number of hydrogen-bond donors (Lipinski definition) is 4. The molecule has 3 rings (SSSR count). The fraction of sp³-hybridized carbons (Fsp3) is 0.211. The van der Waals surface area contributed by atoms with Gasteiger partial charge in [-0.25, -0.2) is 4.79 Å². The first-order valence-corrected chi connectivity index (χ1v) is 10.3. The Morgan fingerprint density at radius 2 is 2.00 bits per heavy atom. The second kappa shape index (κ2) is 8.50. The molecule has 3 heterocycles. The topological polar surface area (TPSA) is 121 Å². The third-order valence-corrected chi connectivity index (χ3v) is 6.35. The molecule has 0 fully saturated rings. The number of thiophene rings is 2. The van der Waals surface area contributed by atoms with Crippen molar-refractivity contribution in [2.75, 3.05) is 5.32 Å². The third-order valence-electron chi connectivity index (χ3n) is 4.26. The summed E-state index contributed by atoms with van der Waals surface area (Å²) in [5.41, 5.74) is 1.34. The van der Waals surface area contributed by atoms with E-state index in [-0.39, 0.29) is 17.9 Å². The van der Waals surface area contributed by atoms with Crippen LogP contribution in [0.2, 0.25) is 0 Å². The number of nitrogens with zero attached hydrogens (tertiary/aromatic N) is 1. The summed E-state index contributed by atoms with van der Waals surface area (Å²) < 4.78 is 1.21. The zero-order valence-electron chi connectivity index (χ0n) is 15.6. The van der Waals surface area contributed by atoms with E-state index in [0.29, 0.717) is 4.88 Å². The Morgan fingerprint density at radius 1 is 1.24 bits per heavy atom.